The molecule has 1 atom stereocenters. The molecule has 1 amide bonds. The summed E-state index contributed by atoms with van der Waals surface area (Å²) in [4.78, 5) is 29.5. The third-order valence-corrected chi connectivity index (χ3v) is 10.5. The number of nitrogens with zero attached hydrogens (tertiary/aromatic N) is 3. The molecule has 1 aliphatic heterocycles. The molecule has 9 nitrogen and oxygen atoms in total. The van der Waals surface area contributed by atoms with Crippen LogP contribution in [-0.4, -0.2) is 40.7 Å². The van der Waals surface area contributed by atoms with Gasteiger partial charge >= 0.3 is 0 Å². The van der Waals surface area contributed by atoms with Crippen molar-refractivity contribution in [2.24, 2.45) is 5.92 Å². The van der Waals surface area contributed by atoms with Gasteiger partial charge in [0.25, 0.3) is 5.91 Å². The number of Topliss-reactive ketones (excluding diaryl/α,β-unsaturated/α-hetero) is 1. The van der Waals surface area contributed by atoms with E-state index in [-0.39, 0.29) is 16.5 Å². The molecule has 1 aliphatic rings. The summed E-state index contributed by atoms with van der Waals surface area (Å²) in [5.74, 6) is 0.0639. The van der Waals surface area contributed by atoms with Crippen LogP contribution in [-0.2, 0) is 10.5 Å². The minimum absolute atomic E-state index is 0.0337. The number of aliphatic hydroxyl groups excluding tert-OH is 1. The number of rotatable bonds is 12. The number of ketones is 1. The number of methoxy groups -OCH3 is 1. The lowest BCUT2D eigenvalue weighted by Crippen LogP contribution is -2.31. The van der Waals surface area contributed by atoms with Gasteiger partial charge in [0.1, 0.15) is 5.75 Å². The lowest BCUT2D eigenvalue weighted by Gasteiger charge is -2.24. The normalized spacial score (nSPS) is 14.8. The Bertz CT molecular complexity index is 2220. The first kappa shape index (κ1) is 32.4. The highest BCUT2D eigenvalue weighted by molar-refractivity contribution is 8.00. The van der Waals surface area contributed by atoms with E-state index in [1.54, 1.807) is 42.5 Å². The van der Waals surface area contributed by atoms with Crippen molar-refractivity contribution >= 4 is 61.7 Å². The number of benzene rings is 4. The maximum atomic E-state index is 14.2. The molecule has 49 heavy (non-hydrogen) atoms. The van der Waals surface area contributed by atoms with Gasteiger partial charge in [-0.15, -0.1) is 10.2 Å². The van der Waals surface area contributed by atoms with Gasteiger partial charge in [0.2, 0.25) is 10.9 Å². The van der Waals surface area contributed by atoms with E-state index in [9.17, 15) is 14.7 Å². The van der Waals surface area contributed by atoms with Gasteiger partial charge in [0.05, 0.1) is 25.3 Å². The third-order valence-electron chi connectivity index (χ3n) is 8.38. The Morgan fingerprint density at radius 2 is 1.78 bits per heavy atom. The van der Waals surface area contributed by atoms with Crippen LogP contribution in [0.5, 0.6) is 11.5 Å². The molecule has 0 spiro atoms. The number of fused-ring (bicyclic) bond motifs is 2. The average Bonchev–Trinajstić information content (AvgIpc) is 3.83. The number of carbonyl (C=O) groups is 2. The van der Waals surface area contributed by atoms with Gasteiger partial charge in [0.15, 0.2) is 27.2 Å². The molecule has 0 saturated heterocycles. The maximum Gasteiger partial charge on any atom is 0.296 e. The maximum absolute atomic E-state index is 14.2. The van der Waals surface area contributed by atoms with Crippen molar-refractivity contribution in [2.45, 2.75) is 36.4 Å². The summed E-state index contributed by atoms with van der Waals surface area (Å²) in [5, 5.41) is 23.4. The fourth-order valence-electron chi connectivity index (χ4n) is 5.89. The first-order valence-electron chi connectivity index (χ1n) is 15.9. The van der Waals surface area contributed by atoms with Crippen LogP contribution in [0, 0.1) is 5.92 Å². The Balaban J connectivity index is 1.24. The molecule has 0 bridgehead atoms. The zero-order valence-electron chi connectivity index (χ0n) is 27.1. The van der Waals surface area contributed by atoms with Gasteiger partial charge in [-0.25, -0.2) is 0 Å². The zero-order valence-corrected chi connectivity index (χ0v) is 28.7. The molecule has 11 heteroatoms. The number of anilines is 1. The fourth-order valence-corrected chi connectivity index (χ4v) is 7.77. The lowest BCUT2D eigenvalue weighted by atomic mass is 9.95. The standard InChI is InChI=1S/C38H33N3O6S2/c1-22(2)17-18-46-27-14-7-11-24(19-27)32-31(33(42)30-20-25-12-8-16-29(45-3)35(25)47-30)34(43)36(44)41(32)37-39-40-38(49-37)48-21-26-13-6-10-23-9-4-5-15-28(23)26/h4-16,19-20,22,32,43H,17-18,21H2,1-3H3. The minimum atomic E-state index is -1.02. The number of aromatic nitrogens is 2. The molecule has 0 fully saturated rings. The van der Waals surface area contributed by atoms with E-state index in [0.29, 0.717) is 50.6 Å². The van der Waals surface area contributed by atoms with E-state index in [4.69, 9.17) is 13.9 Å². The van der Waals surface area contributed by atoms with Crippen LogP contribution in [0.1, 0.15) is 48.0 Å². The summed E-state index contributed by atoms with van der Waals surface area (Å²) in [6.07, 6.45) is 0.863. The molecule has 3 heterocycles. The van der Waals surface area contributed by atoms with Crippen LogP contribution in [0.2, 0.25) is 0 Å². The van der Waals surface area contributed by atoms with Crippen molar-refractivity contribution in [1.29, 1.82) is 0 Å². The second kappa shape index (κ2) is 13.8. The number of carbonyl (C=O) groups excluding carboxylic acids is 2. The average molecular weight is 692 g/mol. The van der Waals surface area contributed by atoms with Gasteiger partial charge in [-0.2, -0.15) is 0 Å². The molecular formula is C38H33N3O6S2. The second-order valence-electron chi connectivity index (χ2n) is 12.0. The van der Waals surface area contributed by atoms with E-state index in [0.717, 1.165) is 22.8 Å². The van der Waals surface area contributed by atoms with E-state index < -0.39 is 23.5 Å². The van der Waals surface area contributed by atoms with E-state index in [2.05, 4.69) is 48.3 Å². The minimum Gasteiger partial charge on any atom is -0.503 e. The highest BCUT2D eigenvalue weighted by atomic mass is 32.2. The van der Waals surface area contributed by atoms with Crippen LogP contribution in [0.15, 0.2) is 111 Å². The van der Waals surface area contributed by atoms with Gasteiger partial charge < -0.3 is 19.0 Å². The number of para-hydroxylation sites is 1. The van der Waals surface area contributed by atoms with Crippen LogP contribution < -0.4 is 14.4 Å². The third kappa shape index (κ3) is 6.39. The van der Waals surface area contributed by atoms with E-state index in [1.807, 2.05) is 24.3 Å². The Morgan fingerprint density at radius 3 is 2.61 bits per heavy atom. The number of furan rings is 1. The van der Waals surface area contributed by atoms with Gasteiger partial charge in [0, 0.05) is 11.1 Å². The molecule has 0 radical (unpaired) electrons. The van der Waals surface area contributed by atoms with Crippen molar-refractivity contribution < 1.29 is 28.6 Å². The van der Waals surface area contributed by atoms with Crippen LogP contribution in [0.3, 0.4) is 0 Å². The monoisotopic (exact) mass is 691 g/mol. The molecular weight excluding hydrogens is 659 g/mol. The highest BCUT2D eigenvalue weighted by Crippen LogP contribution is 2.45. The molecule has 6 aromatic rings. The SMILES string of the molecule is COc1cccc2cc(C(=O)C3=C(O)C(=O)N(c4nnc(SCc5cccc6ccccc56)s4)C3c3cccc(OCCC(C)C)c3)oc12. The Hall–Kier alpha value is -5.13. The number of amides is 1. The first-order chi connectivity index (χ1) is 23.8. The highest BCUT2D eigenvalue weighted by Gasteiger charge is 2.47. The number of aliphatic hydroxyl groups is 1. The second-order valence-corrected chi connectivity index (χ2v) is 14.2. The molecule has 7 rings (SSSR count). The quantitative estimate of drug-likeness (QED) is 0.0763. The van der Waals surface area contributed by atoms with Gasteiger partial charge in [-0.1, -0.05) is 104 Å². The van der Waals surface area contributed by atoms with Crippen molar-refractivity contribution in [3.8, 4) is 11.5 Å². The lowest BCUT2D eigenvalue weighted by molar-refractivity contribution is -0.117. The van der Waals surface area contributed by atoms with Crippen molar-refractivity contribution in [3.63, 3.8) is 0 Å². The molecule has 0 saturated carbocycles. The summed E-state index contributed by atoms with van der Waals surface area (Å²) >= 11 is 2.73. The summed E-state index contributed by atoms with van der Waals surface area (Å²) in [7, 11) is 1.52. The first-order valence-corrected chi connectivity index (χ1v) is 17.7. The molecule has 4 aromatic carbocycles. The number of ether oxygens (including phenoxy) is 2. The summed E-state index contributed by atoms with van der Waals surface area (Å²) < 4.78 is 18.1. The van der Waals surface area contributed by atoms with Gasteiger partial charge in [-0.3, -0.25) is 14.5 Å². The Kier molecular flexibility index (Phi) is 9.11. The molecule has 1 unspecified atom stereocenters. The van der Waals surface area contributed by atoms with Crippen LogP contribution >= 0.6 is 23.1 Å². The largest absolute Gasteiger partial charge is 0.503 e. The molecule has 0 aliphatic carbocycles. The summed E-state index contributed by atoms with van der Waals surface area (Å²) in [6.45, 7) is 4.75. The van der Waals surface area contributed by atoms with Crippen LogP contribution in [0.4, 0.5) is 5.13 Å². The predicted molar refractivity (Wildman–Crippen MR) is 192 cm³/mol. The number of hydrogen-bond acceptors (Lipinski definition) is 10. The smallest absolute Gasteiger partial charge is 0.296 e. The van der Waals surface area contributed by atoms with Crippen molar-refractivity contribution in [1.82, 2.24) is 10.2 Å². The summed E-state index contributed by atoms with van der Waals surface area (Å²) in [6, 6.07) is 27.5. The van der Waals surface area contributed by atoms with E-state index in [1.165, 1.54) is 35.1 Å². The Labute approximate surface area is 291 Å². The Morgan fingerprint density at radius 1 is 1.00 bits per heavy atom. The fraction of sp³-hybridized carbons (Fsp3) is 0.211. The topological polar surface area (TPSA) is 115 Å². The summed E-state index contributed by atoms with van der Waals surface area (Å²) in [5.41, 5.74) is 1.99. The molecule has 2 aromatic heterocycles. The zero-order chi connectivity index (χ0) is 34.1. The van der Waals surface area contributed by atoms with Crippen molar-refractivity contribution in [3.05, 3.63) is 119 Å². The van der Waals surface area contributed by atoms with Crippen molar-refractivity contribution in [2.75, 3.05) is 18.6 Å². The molecule has 248 valence electrons. The van der Waals surface area contributed by atoms with Crippen LogP contribution in [0.25, 0.3) is 21.7 Å². The predicted octanol–water partition coefficient (Wildman–Crippen LogP) is 8.95. The molecule has 1 N–H and O–H groups in total. The van der Waals surface area contributed by atoms with E-state index >= 15 is 0 Å². The number of thioether (sulfide) groups is 1. The van der Waals surface area contributed by atoms with Gasteiger partial charge in [-0.05, 0) is 58.5 Å². The number of hydrogen-bond donors (Lipinski definition) is 1.